The van der Waals surface area contributed by atoms with Gasteiger partial charge in [-0.25, -0.2) is 5.43 Å². The van der Waals surface area contributed by atoms with Crippen molar-refractivity contribution >= 4 is 18.0 Å². The summed E-state index contributed by atoms with van der Waals surface area (Å²) in [5.74, 6) is 0.751. The third-order valence-electron chi connectivity index (χ3n) is 3.52. The van der Waals surface area contributed by atoms with Crippen LogP contribution >= 0.6 is 0 Å². The molecule has 0 unspecified atom stereocenters. The first-order chi connectivity index (χ1) is 13.0. The molecule has 8 nitrogen and oxygen atoms in total. The van der Waals surface area contributed by atoms with E-state index in [4.69, 9.17) is 14.2 Å². The zero-order chi connectivity index (χ0) is 19.6. The van der Waals surface area contributed by atoms with E-state index in [0.29, 0.717) is 22.8 Å². The van der Waals surface area contributed by atoms with Crippen molar-refractivity contribution in [1.29, 1.82) is 0 Å². The van der Waals surface area contributed by atoms with E-state index in [1.165, 1.54) is 20.4 Å². The topological polar surface area (TPSA) is 98.2 Å². The van der Waals surface area contributed by atoms with Crippen molar-refractivity contribution in [3.63, 3.8) is 0 Å². The van der Waals surface area contributed by atoms with Crippen LogP contribution < -0.4 is 25.0 Å². The van der Waals surface area contributed by atoms with Crippen molar-refractivity contribution in [2.24, 2.45) is 5.10 Å². The minimum absolute atomic E-state index is 0.228. The van der Waals surface area contributed by atoms with Crippen LogP contribution in [0.3, 0.4) is 0 Å². The number of carbonyl (C=O) groups is 2. The molecule has 2 rings (SSSR count). The van der Waals surface area contributed by atoms with Crippen LogP contribution in [0.25, 0.3) is 0 Å². The molecule has 0 saturated carbocycles. The molecule has 0 atom stereocenters. The molecule has 2 aromatic rings. The van der Waals surface area contributed by atoms with Crippen LogP contribution in [0.4, 0.5) is 0 Å². The van der Waals surface area contributed by atoms with E-state index >= 15 is 0 Å². The van der Waals surface area contributed by atoms with Gasteiger partial charge in [-0.15, -0.1) is 0 Å². The quantitative estimate of drug-likeness (QED) is 0.542. The highest BCUT2D eigenvalue weighted by atomic mass is 16.5. The number of hydrogen-bond donors (Lipinski definition) is 2. The molecule has 0 saturated heterocycles. The predicted molar refractivity (Wildman–Crippen MR) is 101 cm³/mol. The summed E-state index contributed by atoms with van der Waals surface area (Å²) >= 11 is 0. The summed E-state index contributed by atoms with van der Waals surface area (Å²) in [5.41, 5.74) is 3.43. The van der Waals surface area contributed by atoms with Gasteiger partial charge in [-0.2, -0.15) is 5.10 Å². The van der Waals surface area contributed by atoms with Crippen molar-refractivity contribution in [2.75, 3.05) is 27.9 Å². The normalized spacial score (nSPS) is 10.3. The van der Waals surface area contributed by atoms with Crippen LogP contribution in [0.1, 0.15) is 15.9 Å². The molecular weight excluding hydrogens is 350 g/mol. The van der Waals surface area contributed by atoms with Crippen molar-refractivity contribution in [2.45, 2.75) is 0 Å². The zero-order valence-electron chi connectivity index (χ0n) is 15.3. The zero-order valence-corrected chi connectivity index (χ0v) is 15.3. The lowest BCUT2D eigenvalue weighted by molar-refractivity contribution is -0.120. The van der Waals surface area contributed by atoms with E-state index in [-0.39, 0.29) is 6.54 Å². The van der Waals surface area contributed by atoms with Gasteiger partial charge in [0.1, 0.15) is 17.2 Å². The summed E-state index contributed by atoms with van der Waals surface area (Å²) in [6, 6.07) is 12.0. The van der Waals surface area contributed by atoms with Gasteiger partial charge in [0.2, 0.25) is 0 Å². The number of nitrogens with one attached hydrogen (secondary N) is 2. The monoisotopic (exact) mass is 371 g/mol. The van der Waals surface area contributed by atoms with Gasteiger partial charge in [-0.1, -0.05) is 12.1 Å². The molecule has 0 aliphatic rings. The largest absolute Gasteiger partial charge is 0.497 e. The Morgan fingerprint density at radius 3 is 2.26 bits per heavy atom. The fraction of sp³-hybridized carbons (Fsp3) is 0.211. The molecular formula is C19H21N3O5. The van der Waals surface area contributed by atoms with Crippen LogP contribution in [0.5, 0.6) is 17.2 Å². The van der Waals surface area contributed by atoms with Gasteiger partial charge in [-0.3, -0.25) is 9.59 Å². The maximum atomic E-state index is 12.2. The third kappa shape index (κ3) is 6.03. The average molecular weight is 371 g/mol. The highest BCUT2D eigenvalue weighted by molar-refractivity contribution is 5.97. The molecule has 0 aliphatic heterocycles. The van der Waals surface area contributed by atoms with Crippen LogP contribution in [0, 0.1) is 0 Å². The number of hydrogen-bond acceptors (Lipinski definition) is 6. The lowest BCUT2D eigenvalue weighted by Crippen LogP contribution is -2.34. The molecule has 0 spiro atoms. The second kappa shape index (κ2) is 9.81. The summed E-state index contributed by atoms with van der Waals surface area (Å²) in [7, 11) is 4.55. The van der Waals surface area contributed by atoms with Crippen molar-refractivity contribution in [3.05, 3.63) is 53.6 Å². The van der Waals surface area contributed by atoms with E-state index in [9.17, 15) is 9.59 Å². The molecule has 27 heavy (non-hydrogen) atoms. The predicted octanol–water partition coefficient (Wildman–Crippen LogP) is 1.59. The SMILES string of the molecule is COc1cccc(/C=N/NC(=O)CNC(=O)c2cc(OC)cc(OC)c2)c1. The standard InChI is InChI=1S/C19H21N3O5/c1-25-15-6-4-5-13(7-15)11-21-22-18(23)12-20-19(24)14-8-16(26-2)10-17(9-14)27-3/h4-11H,12H2,1-3H3,(H,20,24)(H,22,23)/b21-11+. The van der Waals surface area contributed by atoms with Gasteiger partial charge in [0, 0.05) is 11.6 Å². The van der Waals surface area contributed by atoms with Gasteiger partial charge in [-0.05, 0) is 29.8 Å². The first kappa shape index (κ1) is 19.8. The molecule has 0 fully saturated rings. The second-order valence-electron chi connectivity index (χ2n) is 5.35. The van der Waals surface area contributed by atoms with E-state index in [1.807, 2.05) is 12.1 Å². The third-order valence-corrected chi connectivity index (χ3v) is 3.52. The molecule has 142 valence electrons. The molecule has 0 heterocycles. The fourth-order valence-corrected chi connectivity index (χ4v) is 2.14. The molecule has 2 amide bonds. The number of rotatable bonds is 8. The molecule has 0 radical (unpaired) electrons. The average Bonchev–Trinajstić information content (AvgIpc) is 2.71. The Morgan fingerprint density at radius 2 is 1.63 bits per heavy atom. The Morgan fingerprint density at radius 1 is 0.963 bits per heavy atom. The Labute approximate surface area is 157 Å². The lowest BCUT2D eigenvalue weighted by atomic mass is 10.2. The van der Waals surface area contributed by atoms with E-state index in [0.717, 1.165) is 5.56 Å². The molecule has 8 heteroatoms. The molecule has 0 aliphatic carbocycles. The number of benzene rings is 2. The first-order valence-electron chi connectivity index (χ1n) is 8.03. The first-order valence-corrected chi connectivity index (χ1v) is 8.03. The number of nitrogens with zero attached hydrogens (tertiary/aromatic N) is 1. The molecule has 2 N–H and O–H groups in total. The molecule has 0 bridgehead atoms. The molecule has 2 aromatic carbocycles. The van der Waals surface area contributed by atoms with E-state index in [2.05, 4.69) is 15.8 Å². The van der Waals surface area contributed by atoms with Gasteiger partial charge >= 0.3 is 0 Å². The number of methoxy groups -OCH3 is 3. The smallest absolute Gasteiger partial charge is 0.259 e. The lowest BCUT2D eigenvalue weighted by Gasteiger charge is -2.08. The maximum absolute atomic E-state index is 12.2. The Kier molecular flexibility index (Phi) is 7.18. The van der Waals surface area contributed by atoms with E-state index < -0.39 is 11.8 Å². The highest BCUT2D eigenvalue weighted by Gasteiger charge is 2.11. The van der Waals surface area contributed by atoms with Gasteiger partial charge in [0.15, 0.2) is 0 Å². The fourth-order valence-electron chi connectivity index (χ4n) is 2.14. The van der Waals surface area contributed by atoms with Crippen LogP contribution in [-0.2, 0) is 4.79 Å². The summed E-state index contributed by atoms with van der Waals surface area (Å²) in [6.45, 7) is -0.228. The Bertz CT molecular complexity index is 814. The van der Waals surface area contributed by atoms with Crippen LogP contribution in [0.15, 0.2) is 47.6 Å². The minimum atomic E-state index is -0.461. The second-order valence-corrected chi connectivity index (χ2v) is 5.35. The number of carbonyl (C=O) groups excluding carboxylic acids is 2. The summed E-state index contributed by atoms with van der Waals surface area (Å²) in [5, 5.41) is 6.36. The van der Waals surface area contributed by atoms with E-state index in [1.54, 1.807) is 37.4 Å². The Balaban J connectivity index is 1.87. The van der Waals surface area contributed by atoms with Crippen molar-refractivity contribution in [3.8, 4) is 17.2 Å². The highest BCUT2D eigenvalue weighted by Crippen LogP contribution is 2.22. The number of amides is 2. The number of ether oxygens (including phenoxy) is 3. The van der Waals surface area contributed by atoms with Gasteiger partial charge in [0.25, 0.3) is 11.8 Å². The van der Waals surface area contributed by atoms with Gasteiger partial charge < -0.3 is 19.5 Å². The van der Waals surface area contributed by atoms with Crippen molar-refractivity contribution in [1.82, 2.24) is 10.7 Å². The van der Waals surface area contributed by atoms with Crippen molar-refractivity contribution < 1.29 is 23.8 Å². The van der Waals surface area contributed by atoms with Gasteiger partial charge in [0.05, 0.1) is 34.1 Å². The minimum Gasteiger partial charge on any atom is -0.497 e. The maximum Gasteiger partial charge on any atom is 0.259 e. The summed E-state index contributed by atoms with van der Waals surface area (Å²) in [4.78, 5) is 24.0. The van der Waals surface area contributed by atoms with Crippen LogP contribution in [0.2, 0.25) is 0 Å². The van der Waals surface area contributed by atoms with Crippen LogP contribution in [-0.4, -0.2) is 45.9 Å². The summed E-state index contributed by atoms with van der Waals surface area (Å²) < 4.78 is 15.3. The molecule has 0 aromatic heterocycles. The Hall–Kier alpha value is -3.55. The number of hydrazone groups is 1. The summed E-state index contributed by atoms with van der Waals surface area (Å²) in [6.07, 6.45) is 1.48.